The number of piperazine rings is 1. The summed E-state index contributed by atoms with van der Waals surface area (Å²) in [4.78, 5) is 29.8. The van der Waals surface area contributed by atoms with Crippen molar-refractivity contribution in [1.82, 2.24) is 4.90 Å². The fourth-order valence-corrected chi connectivity index (χ4v) is 4.82. The third-order valence-corrected chi connectivity index (χ3v) is 6.28. The van der Waals surface area contributed by atoms with E-state index in [1.807, 2.05) is 6.92 Å². The number of piperidine rings is 1. The Bertz CT molecular complexity index is 711. The lowest BCUT2D eigenvalue weighted by molar-refractivity contribution is -1.01. The Kier molecular flexibility index (Phi) is 7.24. The standard InChI is InChI=1S/C22H33FN4O2/c1-16-11-17(2)14-27(13-16)22(29)18(3)26-9-7-25(8-10-26)15-21(28)24-20-6-4-5-19(23)12-20/h4-6,12,16-18H,7-11,13-15H2,1-3H3,(H,24,28)/p+2/t16-,17-,18-/m1/s1. The average molecular weight is 407 g/mol. The number of halogens is 1. The molecule has 6 nitrogen and oxygen atoms in total. The molecule has 2 aliphatic rings. The molecule has 3 atom stereocenters. The normalized spacial score (nSPS) is 28.6. The molecule has 2 aliphatic heterocycles. The van der Waals surface area contributed by atoms with Crippen LogP contribution in [0.25, 0.3) is 0 Å². The quantitative estimate of drug-likeness (QED) is 0.614. The molecular weight excluding hydrogens is 371 g/mol. The maximum Gasteiger partial charge on any atom is 0.280 e. The number of quaternary nitrogens is 2. The molecule has 0 aliphatic carbocycles. The van der Waals surface area contributed by atoms with Gasteiger partial charge in [0.05, 0.1) is 0 Å². The van der Waals surface area contributed by atoms with Gasteiger partial charge in [-0.05, 0) is 43.4 Å². The molecule has 29 heavy (non-hydrogen) atoms. The van der Waals surface area contributed by atoms with Crippen LogP contribution in [0, 0.1) is 17.7 Å². The fourth-order valence-electron chi connectivity index (χ4n) is 4.82. The van der Waals surface area contributed by atoms with Gasteiger partial charge in [-0.3, -0.25) is 9.59 Å². The first kappa shape index (κ1) is 21.7. The maximum absolute atomic E-state index is 13.2. The SMILES string of the molecule is C[C@@H]1C[C@@H](C)CN(C(=O)[C@@H](C)[NH+]2CC[NH+](CC(=O)Nc3cccc(F)c3)CC2)C1. The van der Waals surface area contributed by atoms with Gasteiger partial charge >= 0.3 is 0 Å². The Balaban J connectivity index is 1.44. The molecule has 0 saturated carbocycles. The minimum Gasteiger partial charge on any atom is -0.337 e. The Morgan fingerprint density at radius 2 is 1.83 bits per heavy atom. The van der Waals surface area contributed by atoms with Crippen molar-refractivity contribution in [2.24, 2.45) is 11.8 Å². The Labute approximate surface area is 173 Å². The van der Waals surface area contributed by atoms with Crippen molar-refractivity contribution >= 4 is 17.5 Å². The van der Waals surface area contributed by atoms with E-state index < -0.39 is 0 Å². The van der Waals surface area contributed by atoms with Crippen LogP contribution in [0.2, 0.25) is 0 Å². The van der Waals surface area contributed by atoms with Crippen molar-refractivity contribution in [3.63, 3.8) is 0 Å². The molecule has 1 aromatic carbocycles. The van der Waals surface area contributed by atoms with Crippen LogP contribution >= 0.6 is 0 Å². The molecule has 2 amide bonds. The van der Waals surface area contributed by atoms with E-state index in [2.05, 4.69) is 24.1 Å². The predicted octanol–water partition coefficient (Wildman–Crippen LogP) is -0.559. The van der Waals surface area contributed by atoms with Crippen molar-refractivity contribution < 1.29 is 23.8 Å². The van der Waals surface area contributed by atoms with Gasteiger partial charge in [0.2, 0.25) is 0 Å². The van der Waals surface area contributed by atoms with E-state index >= 15 is 0 Å². The van der Waals surface area contributed by atoms with Crippen LogP contribution in [0.5, 0.6) is 0 Å². The summed E-state index contributed by atoms with van der Waals surface area (Å²) in [6.45, 7) is 12.1. The van der Waals surface area contributed by atoms with Crippen molar-refractivity contribution in [2.45, 2.75) is 33.2 Å². The molecule has 1 aromatic rings. The second-order valence-electron chi connectivity index (χ2n) is 9.05. The van der Waals surface area contributed by atoms with Gasteiger partial charge in [-0.15, -0.1) is 0 Å². The van der Waals surface area contributed by atoms with Gasteiger partial charge in [-0.2, -0.15) is 0 Å². The first-order chi connectivity index (χ1) is 13.8. The van der Waals surface area contributed by atoms with Gasteiger partial charge in [-0.25, -0.2) is 4.39 Å². The van der Waals surface area contributed by atoms with Gasteiger partial charge in [0.25, 0.3) is 11.8 Å². The minimum absolute atomic E-state index is 0.0322. The number of anilines is 1. The molecule has 0 unspecified atom stereocenters. The van der Waals surface area contributed by atoms with E-state index in [-0.39, 0.29) is 23.7 Å². The molecule has 0 bridgehead atoms. The van der Waals surface area contributed by atoms with Crippen LogP contribution in [0.1, 0.15) is 27.2 Å². The summed E-state index contributed by atoms with van der Waals surface area (Å²) in [6, 6.07) is 5.92. The van der Waals surface area contributed by atoms with Crippen LogP contribution < -0.4 is 15.1 Å². The number of benzene rings is 1. The number of amides is 2. The average Bonchev–Trinajstić information content (AvgIpc) is 2.66. The number of likely N-dealkylation sites (tertiary alicyclic amines) is 1. The Morgan fingerprint density at radius 1 is 1.17 bits per heavy atom. The molecule has 3 N–H and O–H groups in total. The predicted molar refractivity (Wildman–Crippen MR) is 110 cm³/mol. The lowest BCUT2D eigenvalue weighted by atomic mass is 9.91. The van der Waals surface area contributed by atoms with Crippen LogP contribution in [-0.2, 0) is 9.59 Å². The Morgan fingerprint density at radius 3 is 2.45 bits per heavy atom. The Hall–Kier alpha value is -1.99. The zero-order valence-corrected chi connectivity index (χ0v) is 17.8. The van der Waals surface area contributed by atoms with E-state index in [1.54, 1.807) is 12.1 Å². The third kappa shape index (κ3) is 6.00. The summed E-state index contributed by atoms with van der Waals surface area (Å²) in [5.74, 6) is 0.953. The molecule has 0 spiro atoms. The van der Waals surface area contributed by atoms with Crippen LogP contribution in [-0.4, -0.2) is 68.6 Å². The monoisotopic (exact) mass is 406 g/mol. The van der Waals surface area contributed by atoms with E-state index in [4.69, 9.17) is 0 Å². The van der Waals surface area contributed by atoms with Gasteiger partial charge in [-0.1, -0.05) is 19.9 Å². The van der Waals surface area contributed by atoms with Crippen molar-refractivity contribution in [1.29, 1.82) is 0 Å². The highest BCUT2D eigenvalue weighted by Crippen LogP contribution is 2.21. The number of hydrogen-bond donors (Lipinski definition) is 3. The topological polar surface area (TPSA) is 58.3 Å². The maximum atomic E-state index is 13.2. The first-order valence-corrected chi connectivity index (χ1v) is 10.8. The molecule has 2 heterocycles. The van der Waals surface area contributed by atoms with Crippen LogP contribution in [0.4, 0.5) is 10.1 Å². The van der Waals surface area contributed by atoms with Gasteiger partial charge in [0.1, 0.15) is 32.0 Å². The van der Waals surface area contributed by atoms with Crippen molar-refractivity contribution in [3.05, 3.63) is 30.1 Å². The van der Waals surface area contributed by atoms with E-state index in [9.17, 15) is 14.0 Å². The van der Waals surface area contributed by atoms with E-state index in [0.29, 0.717) is 24.1 Å². The van der Waals surface area contributed by atoms with Crippen LogP contribution in [0.3, 0.4) is 0 Å². The number of rotatable bonds is 5. The second-order valence-corrected chi connectivity index (χ2v) is 9.05. The molecular formula is C22H35FN4O2+2. The summed E-state index contributed by atoms with van der Waals surface area (Å²) < 4.78 is 13.2. The fraction of sp³-hybridized carbons (Fsp3) is 0.636. The molecule has 160 valence electrons. The zero-order valence-electron chi connectivity index (χ0n) is 17.8. The summed E-state index contributed by atoms with van der Waals surface area (Å²) in [6.07, 6.45) is 1.20. The van der Waals surface area contributed by atoms with E-state index in [1.165, 1.54) is 28.4 Å². The molecule has 3 rings (SSSR count). The van der Waals surface area contributed by atoms with Gasteiger partial charge < -0.3 is 20.0 Å². The summed E-state index contributed by atoms with van der Waals surface area (Å²) in [5, 5.41) is 2.77. The largest absolute Gasteiger partial charge is 0.337 e. The number of carbonyl (C=O) groups is 2. The summed E-state index contributed by atoms with van der Waals surface area (Å²) in [7, 11) is 0. The number of nitrogens with zero attached hydrogens (tertiary/aromatic N) is 1. The number of hydrogen-bond acceptors (Lipinski definition) is 2. The lowest BCUT2D eigenvalue weighted by Gasteiger charge is -2.38. The zero-order chi connectivity index (χ0) is 21.0. The molecule has 0 aromatic heterocycles. The highest BCUT2D eigenvalue weighted by atomic mass is 19.1. The van der Waals surface area contributed by atoms with Gasteiger partial charge in [0, 0.05) is 18.8 Å². The van der Waals surface area contributed by atoms with Gasteiger partial charge in [0.15, 0.2) is 12.6 Å². The highest BCUT2D eigenvalue weighted by molar-refractivity contribution is 5.91. The third-order valence-electron chi connectivity index (χ3n) is 6.28. The summed E-state index contributed by atoms with van der Waals surface area (Å²) in [5.41, 5.74) is 0.489. The van der Waals surface area contributed by atoms with Crippen LogP contribution in [0.15, 0.2) is 24.3 Å². The molecule has 7 heteroatoms. The first-order valence-electron chi connectivity index (χ1n) is 10.8. The molecule has 2 saturated heterocycles. The number of nitrogens with one attached hydrogen (secondary N) is 3. The smallest absolute Gasteiger partial charge is 0.280 e. The summed E-state index contributed by atoms with van der Waals surface area (Å²) >= 11 is 0. The second kappa shape index (κ2) is 9.67. The lowest BCUT2D eigenvalue weighted by Crippen LogP contribution is -3.30. The highest BCUT2D eigenvalue weighted by Gasteiger charge is 2.36. The van der Waals surface area contributed by atoms with E-state index in [0.717, 1.165) is 39.3 Å². The van der Waals surface area contributed by atoms with Crippen molar-refractivity contribution in [2.75, 3.05) is 51.1 Å². The van der Waals surface area contributed by atoms with Crippen molar-refractivity contribution in [3.8, 4) is 0 Å². The number of carbonyl (C=O) groups excluding carboxylic acids is 2. The molecule has 0 radical (unpaired) electrons. The minimum atomic E-state index is -0.358. The molecule has 2 fully saturated rings.